The number of hydrogen-bond donors (Lipinski definition) is 1. The quantitative estimate of drug-likeness (QED) is 0.389. The summed E-state index contributed by atoms with van der Waals surface area (Å²) in [4.78, 5) is 47.0. The number of nitrogens with zero attached hydrogens (tertiary/aromatic N) is 4. The van der Waals surface area contributed by atoms with Crippen LogP contribution in [0.2, 0.25) is 0 Å². The molecule has 0 aliphatic carbocycles. The number of H-pyrrole nitrogens is 1. The van der Waals surface area contributed by atoms with Gasteiger partial charge in [-0.25, -0.2) is 9.78 Å². The Bertz CT molecular complexity index is 1800. The number of imidazole rings is 1. The lowest BCUT2D eigenvalue weighted by molar-refractivity contribution is -0.0161. The molecule has 1 atom stereocenters. The number of nitrogens with one attached hydrogen (secondary N) is 1. The molecule has 0 saturated carbocycles. The fraction of sp³-hybridized carbons (Fsp3) is 0.214. The first kappa shape index (κ1) is 22.9. The van der Waals surface area contributed by atoms with Crippen molar-refractivity contribution in [1.82, 2.24) is 24.0 Å². The van der Waals surface area contributed by atoms with Crippen LogP contribution in [0.3, 0.4) is 0 Å². The highest BCUT2D eigenvalue weighted by atomic mass is 16.5. The minimum absolute atomic E-state index is 0.0655. The second-order valence-electron chi connectivity index (χ2n) is 9.09. The van der Waals surface area contributed by atoms with Gasteiger partial charge in [-0.1, -0.05) is 54.6 Å². The Labute approximate surface area is 211 Å². The lowest BCUT2D eigenvalue weighted by Crippen LogP contribution is -2.31. The minimum atomic E-state index is -0.504. The van der Waals surface area contributed by atoms with Gasteiger partial charge in [0.1, 0.15) is 0 Å². The molecular formula is C28H25N5O4. The van der Waals surface area contributed by atoms with Crippen LogP contribution in [0, 0.1) is 0 Å². The van der Waals surface area contributed by atoms with Crippen LogP contribution in [0.15, 0.2) is 76.6 Å². The molecule has 3 aromatic carbocycles. The van der Waals surface area contributed by atoms with Crippen molar-refractivity contribution < 1.29 is 9.53 Å². The molecule has 0 spiro atoms. The van der Waals surface area contributed by atoms with E-state index in [-0.39, 0.29) is 12.5 Å². The SMILES string of the molecule is CCn1cnc2c1c(=O)[nH]c(=O)n2Cc1ccc(CN2C(=O)c3ccccc3C2OC)c2ccccc12. The van der Waals surface area contributed by atoms with Gasteiger partial charge in [-0.3, -0.25) is 19.1 Å². The van der Waals surface area contributed by atoms with E-state index in [2.05, 4.69) is 9.97 Å². The summed E-state index contributed by atoms with van der Waals surface area (Å²) in [6.45, 7) is 3.09. The van der Waals surface area contributed by atoms with Gasteiger partial charge >= 0.3 is 5.69 Å². The first-order chi connectivity index (χ1) is 18.0. The number of aromatic nitrogens is 4. The summed E-state index contributed by atoms with van der Waals surface area (Å²) in [5.74, 6) is -0.0655. The van der Waals surface area contributed by atoms with Crippen molar-refractivity contribution in [2.45, 2.75) is 32.8 Å². The lowest BCUT2D eigenvalue weighted by atomic mass is 9.99. The van der Waals surface area contributed by atoms with Crippen LogP contribution in [-0.4, -0.2) is 37.0 Å². The van der Waals surface area contributed by atoms with Gasteiger partial charge in [0, 0.05) is 31.3 Å². The maximum absolute atomic E-state index is 13.2. The number of aryl methyl sites for hydroxylation is 1. The molecule has 1 aliphatic rings. The molecule has 37 heavy (non-hydrogen) atoms. The number of carbonyl (C=O) groups excluding carboxylic acids is 1. The number of ether oxygens (including phenoxy) is 1. The van der Waals surface area contributed by atoms with Crippen molar-refractivity contribution in [2.75, 3.05) is 7.11 Å². The summed E-state index contributed by atoms with van der Waals surface area (Å²) < 4.78 is 8.93. The van der Waals surface area contributed by atoms with Crippen molar-refractivity contribution >= 4 is 27.8 Å². The van der Waals surface area contributed by atoms with E-state index >= 15 is 0 Å². The Morgan fingerprint density at radius 3 is 2.30 bits per heavy atom. The van der Waals surface area contributed by atoms with E-state index in [0.29, 0.717) is 29.8 Å². The van der Waals surface area contributed by atoms with E-state index in [9.17, 15) is 14.4 Å². The molecule has 9 nitrogen and oxygen atoms in total. The number of aromatic amines is 1. The third kappa shape index (κ3) is 3.58. The topological polar surface area (TPSA) is 102 Å². The van der Waals surface area contributed by atoms with Crippen molar-refractivity contribution in [3.63, 3.8) is 0 Å². The molecule has 186 valence electrons. The Balaban J connectivity index is 1.41. The van der Waals surface area contributed by atoms with Crippen LogP contribution < -0.4 is 11.2 Å². The fourth-order valence-electron chi connectivity index (χ4n) is 5.31. The highest BCUT2D eigenvalue weighted by Gasteiger charge is 2.36. The van der Waals surface area contributed by atoms with Crippen LogP contribution in [0.5, 0.6) is 0 Å². The normalized spacial score (nSPS) is 15.1. The Kier molecular flexibility index (Phi) is 5.49. The predicted octanol–water partition coefficient (Wildman–Crippen LogP) is 3.41. The highest BCUT2D eigenvalue weighted by molar-refractivity contribution is 5.99. The van der Waals surface area contributed by atoms with Gasteiger partial charge < -0.3 is 14.2 Å². The zero-order valence-electron chi connectivity index (χ0n) is 20.5. The standard InChI is InChI=1S/C28H25N5O4/c1-3-31-16-29-24-23(31)25(34)30-28(36)32(24)14-17-12-13-18(20-9-5-4-8-19(17)20)15-33-26(35)21-10-6-7-11-22(21)27(33)37-2/h4-13,16,27H,3,14-15H2,1-2H3,(H,30,34,36). The van der Waals surface area contributed by atoms with E-state index in [1.165, 1.54) is 4.57 Å². The number of amides is 1. The number of carbonyl (C=O) groups is 1. The molecule has 0 bridgehead atoms. The molecule has 2 aromatic heterocycles. The summed E-state index contributed by atoms with van der Waals surface area (Å²) in [7, 11) is 1.61. The van der Waals surface area contributed by atoms with Gasteiger partial charge in [0.05, 0.1) is 12.9 Å². The number of fused-ring (bicyclic) bond motifs is 3. The summed E-state index contributed by atoms with van der Waals surface area (Å²) in [6.07, 6.45) is 1.12. The molecular weight excluding hydrogens is 470 g/mol. The molecule has 9 heteroatoms. The molecule has 0 fully saturated rings. The second-order valence-corrected chi connectivity index (χ2v) is 9.09. The van der Waals surface area contributed by atoms with Crippen LogP contribution in [0.4, 0.5) is 0 Å². The number of hydrogen-bond acceptors (Lipinski definition) is 5. The third-order valence-electron chi connectivity index (χ3n) is 7.09. The number of benzene rings is 3. The molecule has 0 radical (unpaired) electrons. The summed E-state index contributed by atoms with van der Waals surface area (Å²) >= 11 is 0. The van der Waals surface area contributed by atoms with Crippen LogP contribution in [-0.2, 0) is 24.4 Å². The monoisotopic (exact) mass is 495 g/mol. The van der Waals surface area contributed by atoms with Gasteiger partial charge in [-0.2, -0.15) is 0 Å². The van der Waals surface area contributed by atoms with Gasteiger partial charge in [0.2, 0.25) is 0 Å². The van der Waals surface area contributed by atoms with Gasteiger partial charge in [0.15, 0.2) is 17.4 Å². The van der Waals surface area contributed by atoms with E-state index in [1.54, 1.807) is 22.9 Å². The summed E-state index contributed by atoms with van der Waals surface area (Å²) in [6, 6.07) is 19.4. The Morgan fingerprint density at radius 1 is 0.919 bits per heavy atom. The Hall–Kier alpha value is -4.50. The van der Waals surface area contributed by atoms with E-state index < -0.39 is 17.5 Å². The van der Waals surface area contributed by atoms with Crippen LogP contribution in [0.25, 0.3) is 21.9 Å². The van der Waals surface area contributed by atoms with Crippen LogP contribution >= 0.6 is 0 Å². The smallest absolute Gasteiger partial charge is 0.330 e. The number of rotatable bonds is 6. The average molecular weight is 496 g/mol. The predicted molar refractivity (Wildman–Crippen MR) is 139 cm³/mol. The average Bonchev–Trinajstić information content (AvgIpc) is 3.47. The lowest BCUT2D eigenvalue weighted by Gasteiger charge is -2.25. The molecule has 1 amide bonds. The summed E-state index contributed by atoms with van der Waals surface area (Å²) in [5, 5.41) is 1.94. The van der Waals surface area contributed by atoms with Gasteiger partial charge in [0.25, 0.3) is 11.5 Å². The second kappa shape index (κ2) is 8.86. The summed E-state index contributed by atoms with van der Waals surface area (Å²) in [5.41, 5.74) is 3.17. The third-order valence-corrected chi connectivity index (χ3v) is 7.09. The molecule has 1 N–H and O–H groups in total. The molecule has 1 unspecified atom stereocenters. The van der Waals surface area contributed by atoms with Crippen molar-refractivity contribution in [2.24, 2.45) is 0 Å². The number of methoxy groups -OCH3 is 1. The molecule has 3 heterocycles. The maximum atomic E-state index is 13.2. The fourth-order valence-corrected chi connectivity index (χ4v) is 5.31. The first-order valence-corrected chi connectivity index (χ1v) is 12.1. The van der Waals surface area contributed by atoms with Crippen molar-refractivity contribution in [3.8, 4) is 0 Å². The zero-order chi connectivity index (χ0) is 25.7. The zero-order valence-corrected chi connectivity index (χ0v) is 20.5. The van der Waals surface area contributed by atoms with E-state index in [0.717, 1.165) is 27.5 Å². The van der Waals surface area contributed by atoms with Crippen molar-refractivity contribution in [1.29, 1.82) is 0 Å². The van der Waals surface area contributed by atoms with Gasteiger partial charge in [-0.15, -0.1) is 0 Å². The van der Waals surface area contributed by atoms with Crippen LogP contribution in [0.1, 0.15) is 40.2 Å². The Morgan fingerprint density at radius 2 is 1.59 bits per heavy atom. The largest absolute Gasteiger partial charge is 0.357 e. The molecule has 6 rings (SSSR count). The van der Waals surface area contributed by atoms with Crippen molar-refractivity contribution in [3.05, 3.63) is 110 Å². The van der Waals surface area contributed by atoms with Gasteiger partial charge in [-0.05, 0) is 34.9 Å². The first-order valence-electron chi connectivity index (χ1n) is 12.1. The highest BCUT2D eigenvalue weighted by Crippen LogP contribution is 2.36. The van der Waals surface area contributed by atoms with E-state index in [4.69, 9.17) is 4.74 Å². The van der Waals surface area contributed by atoms with E-state index in [1.807, 2.05) is 67.6 Å². The molecule has 5 aromatic rings. The molecule has 1 aliphatic heterocycles. The minimum Gasteiger partial charge on any atom is -0.357 e. The molecule has 0 saturated heterocycles. The maximum Gasteiger partial charge on any atom is 0.330 e.